The van der Waals surface area contributed by atoms with Gasteiger partial charge in [-0.1, -0.05) is 44.2 Å². The van der Waals surface area contributed by atoms with E-state index in [1.54, 1.807) is 18.2 Å². The molecule has 2 N–H and O–H groups in total. The molecule has 2 rings (SSSR count). The number of amides is 2. The summed E-state index contributed by atoms with van der Waals surface area (Å²) in [5, 5.41) is 5.61. The van der Waals surface area contributed by atoms with Crippen LogP contribution in [-0.4, -0.2) is 31.6 Å². The predicted octanol–water partition coefficient (Wildman–Crippen LogP) is 3.95. The number of carbonyl (C=O) groups is 2. The molecular weight excluding hydrogens is 368 g/mol. The molecule has 0 spiro atoms. The Morgan fingerprint density at radius 2 is 1.55 bits per heavy atom. The fourth-order valence-corrected chi connectivity index (χ4v) is 2.62. The Morgan fingerprint density at radius 1 is 0.862 bits per heavy atom. The molecule has 2 aromatic carbocycles. The summed E-state index contributed by atoms with van der Waals surface area (Å²) in [4.78, 5) is 24.1. The smallest absolute Gasteiger partial charge is 0.226 e. The van der Waals surface area contributed by atoms with Crippen LogP contribution < -0.4 is 20.1 Å². The highest BCUT2D eigenvalue weighted by atomic mass is 16.5. The maximum Gasteiger partial charge on any atom is 0.226 e. The second-order valence-corrected chi connectivity index (χ2v) is 6.67. The van der Waals surface area contributed by atoms with Crippen molar-refractivity contribution in [3.63, 3.8) is 0 Å². The molecule has 0 heterocycles. The Bertz CT molecular complexity index is 778. The average Bonchev–Trinajstić information content (AvgIpc) is 2.72. The standard InChI is InChI=1S/C23H30N2O4/c1-3-14-28-20-11-10-19(17-21(20)29-15-4-2)25-22(26)12-13-24-23(27)16-18-8-6-5-7-9-18/h5-11,17H,3-4,12-16H2,1-2H3,(H,24,27)(H,25,26). The number of rotatable bonds is 12. The molecule has 29 heavy (non-hydrogen) atoms. The van der Waals surface area contributed by atoms with E-state index in [4.69, 9.17) is 9.47 Å². The minimum Gasteiger partial charge on any atom is -0.490 e. The van der Waals surface area contributed by atoms with Crippen LogP contribution in [0.1, 0.15) is 38.7 Å². The normalized spacial score (nSPS) is 10.3. The van der Waals surface area contributed by atoms with E-state index >= 15 is 0 Å². The summed E-state index contributed by atoms with van der Waals surface area (Å²) in [7, 11) is 0. The molecule has 0 aliphatic rings. The molecule has 156 valence electrons. The van der Waals surface area contributed by atoms with Gasteiger partial charge < -0.3 is 20.1 Å². The maximum atomic E-state index is 12.2. The van der Waals surface area contributed by atoms with Crippen molar-refractivity contribution < 1.29 is 19.1 Å². The molecule has 0 unspecified atom stereocenters. The van der Waals surface area contributed by atoms with Gasteiger partial charge in [-0.05, 0) is 30.5 Å². The summed E-state index contributed by atoms with van der Waals surface area (Å²) >= 11 is 0. The zero-order valence-corrected chi connectivity index (χ0v) is 17.2. The van der Waals surface area contributed by atoms with E-state index in [1.807, 2.05) is 44.2 Å². The summed E-state index contributed by atoms with van der Waals surface area (Å²) in [5.74, 6) is 1.02. The van der Waals surface area contributed by atoms with Gasteiger partial charge in [0.25, 0.3) is 0 Å². The molecule has 0 saturated carbocycles. The van der Waals surface area contributed by atoms with Crippen molar-refractivity contribution in [3.05, 3.63) is 54.1 Å². The third kappa shape index (κ3) is 8.25. The van der Waals surface area contributed by atoms with Crippen LogP contribution in [0, 0.1) is 0 Å². The van der Waals surface area contributed by atoms with Gasteiger partial charge in [-0.25, -0.2) is 0 Å². The van der Waals surface area contributed by atoms with Crippen molar-refractivity contribution >= 4 is 17.5 Å². The first kappa shape index (κ1) is 22.3. The lowest BCUT2D eigenvalue weighted by atomic mass is 10.1. The van der Waals surface area contributed by atoms with E-state index in [2.05, 4.69) is 10.6 Å². The van der Waals surface area contributed by atoms with Crippen LogP contribution in [0.3, 0.4) is 0 Å². The Morgan fingerprint density at radius 3 is 2.24 bits per heavy atom. The summed E-state index contributed by atoms with van der Waals surface area (Å²) < 4.78 is 11.4. The van der Waals surface area contributed by atoms with E-state index in [1.165, 1.54) is 0 Å². The van der Waals surface area contributed by atoms with E-state index in [0.29, 0.717) is 36.8 Å². The number of benzene rings is 2. The van der Waals surface area contributed by atoms with Gasteiger partial charge in [0, 0.05) is 24.7 Å². The number of carbonyl (C=O) groups excluding carboxylic acids is 2. The summed E-state index contributed by atoms with van der Waals surface area (Å²) in [6, 6.07) is 14.9. The quantitative estimate of drug-likeness (QED) is 0.568. The van der Waals surface area contributed by atoms with Gasteiger partial charge in [0.15, 0.2) is 11.5 Å². The second kappa shape index (κ2) is 12.4. The Kier molecular flexibility index (Phi) is 9.55. The Balaban J connectivity index is 1.82. The third-order valence-electron chi connectivity index (χ3n) is 4.03. The molecule has 0 radical (unpaired) electrons. The number of hydrogen-bond donors (Lipinski definition) is 2. The number of nitrogens with one attached hydrogen (secondary N) is 2. The first-order valence-corrected chi connectivity index (χ1v) is 10.1. The molecule has 2 amide bonds. The number of ether oxygens (including phenoxy) is 2. The fourth-order valence-electron chi connectivity index (χ4n) is 2.62. The highest BCUT2D eigenvalue weighted by Crippen LogP contribution is 2.31. The van der Waals surface area contributed by atoms with Gasteiger partial charge in [-0.2, -0.15) is 0 Å². The van der Waals surface area contributed by atoms with Gasteiger partial charge in [-0.3, -0.25) is 9.59 Å². The van der Waals surface area contributed by atoms with Gasteiger partial charge >= 0.3 is 0 Å². The fraction of sp³-hybridized carbons (Fsp3) is 0.391. The Hall–Kier alpha value is -3.02. The predicted molar refractivity (Wildman–Crippen MR) is 114 cm³/mol. The largest absolute Gasteiger partial charge is 0.490 e. The molecule has 0 bridgehead atoms. The van der Waals surface area contributed by atoms with Crippen LogP contribution in [0.4, 0.5) is 5.69 Å². The SMILES string of the molecule is CCCOc1ccc(NC(=O)CCNC(=O)Cc2ccccc2)cc1OCCC. The van der Waals surface area contributed by atoms with Gasteiger partial charge in [-0.15, -0.1) is 0 Å². The lowest BCUT2D eigenvalue weighted by Crippen LogP contribution is -2.28. The minimum absolute atomic E-state index is 0.100. The van der Waals surface area contributed by atoms with Crippen molar-refractivity contribution in [3.8, 4) is 11.5 Å². The van der Waals surface area contributed by atoms with Crippen molar-refractivity contribution in [2.45, 2.75) is 39.5 Å². The zero-order valence-electron chi connectivity index (χ0n) is 17.2. The van der Waals surface area contributed by atoms with Gasteiger partial charge in [0.05, 0.1) is 19.6 Å². The Labute approximate surface area is 172 Å². The second-order valence-electron chi connectivity index (χ2n) is 6.67. The van der Waals surface area contributed by atoms with E-state index in [0.717, 1.165) is 18.4 Å². The van der Waals surface area contributed by atoms with E-state index in [-0.39, 0.29) is 24.8 Å². The molecule has 0 fully saturated rings. The molecule has 0 aliphatic heterocycles. The average molecular weight is 399 g/mol. The van der Waals surface area contributed by atoms with Crippen LogP contribution >= 0.6 is 0 Å². The topological polar surface area (TPSA) is 76.7 Å². The summed E-state index contributed by atoms with van der Waals surface area (Å²) in [5.41, 5.74) is 1.58. The van der Waals surface area contributed by atoms with Crippen LogP contribution in [-0.2, 0) is 16.0 Å². The molecule has 0 atom stereocenters. The van der Waals surface area contributed by atoms with E-state index < -0.39 is 0 Å². The highest BCUT2D eigenvalue weighted by molar-refractivity contribution is 5.91. The molecule has 0 saturated heterocycles. The van der Waals surface area contributed by atoms with Crippen molar-refractivity contribution in [2.24, 2.45) is 0 Å². The van der Waals surface area contributed by atoms with Gasteiger partial charge in [0.1, 0.15) is 0 Å². The van der Waals surface area contributed by atoms with E-state index in [9.17, 15) is 9.59 Å². The number of hydrogen-bond acceptors (Lipinski definition) is 4. The van der Waals surface area contributed by atoms with Crippen LogP contribution in [0.2, 0.25) is 0 Å². The lowest BCUT2D eigenvalue weighted by Gasteiger charge is -2.14. The van der Waals surface area contributed by atoms with Gasteiger partial charge in [0.2, 0.25) is 11.8 Å². The molecule has 2 aromatic rings. The van der Waals surface area contributed by atoms with Crippen molar-refractivity contribution in [1.29, 1.82) is 0 Å². The lowest BCUT2D eigenvalue weighted by molar-refractivity contribution is -0.120. The highest BCUT2D eigenvalue weighted by Gasteiger charge is 2.10. The molecule has 6 heteroatoms. The third-order valence-corrected chi connectivity index (χ3v) is 4.03. The maximum absolute atomic E-state index is 12.2. The molecule has 0 aliphatic carbocycles. The number of anilines is 1. The summed E-state index contributed by atoms with van der Waals surface area (Å²) in [6.07, 6.45) is 2.29. The minimum atomic E-state index is -0.173. The van der Waals surface area contributed by atoms with Crippen LogP contribution in [0.5, 0.6) is 11.5 Å². The van der Waals surface area contributed by atoms with Crippen molar-refractivity contribution in [1.82, 2.24) is 5.32 Å². The summed E-state index contributed by atoms with van der Waals surface area (Å²) in [6.45, 7) is 5.54. The molecule has 0 aromatic heterocycles. The molecule has 6 nitrogen and oxygen atoms in total. The van der Waals surface area contributed by atoms with Crippen LogP contribution in [0.25, 0.3) is 0 Å². The molecular formula is C23H30N2O4. The first-order valence-electron chi connectivity index (χ1n) is 10.1. The van der Waals surface area contributed by atoms with Crippen LogP contribution in [0.15, 0.2) is 48.5 Å². The first-order chi connectivity index (χ1) is 14.1. The van der Waals surface area contributed by atoms with Crippen molar-refractivity contribution in [2.75, 3.05) is 25.1 Å². The zero-order chi connectivity index (χ0) is 20.9. The monoisotopic (exact) mass is 398 g/mol.